The largest absolute Gasteiger partial charge is 0.393 e. The molecule has 0 heterocycles. The first-order chi connectivity index (χ1) is 12.4. The molecule has 0 aromatic heterocycles. The van der Waals surface area contributed by atoms with Crippen molar-refractivity contribution in [1.82, 2.24) is 0 Å². The van der Waals surface area contributed by atoms with Crippen molar-refractivity contribution in [2.24, 2.45) is 22.7 Å². The molecule has 0 aliphatic heterocycles. The summed E-state index contributed by atoms with van der Waals surface area (Å²) in [5.41, 5.74) is -6.83. The van der Waals surface area contributed by atoms with Gasteiger partial charge in [0.15, 0.2) is 5.78 Å². The highest BCUT2D eigenvalue weighted by atomic mass is 16.4. The predicted octanol–water partition coefficient (Wildman–Crippen LogP) is 0.911. The van der Waals surface area contributed by atoms with E-state index in [1.54, 1.807) is 6.92 Å². The highest BCUT2D eigenvalue weighted by Crippen LogP contribution is 2.71. The van der Waals surface area contributed by atoms with E-state index < -0.39 is 34.1 Å². The van der Waals surface area contributed by atoms with Crippen LogP contribution in [-0.4, -0.2) is 60.3 Å². The second-order valence-electron chi connectivity index (χ2n) is 10.4. The molecule has 0 amide bonds. The molecule has 4 saturated carbocycles. The summed E-state index contributed by atoms with van der Waals surface area (Å²) in [5, 5.41) is 56.3. The van der Waals surface area contributed by atoms with Gasteiger partial charge in [0.05, 0.1) is 23.2 Å². The van der Waals surface area contributed by atoms with E-state index in [-0.39, 0.29) is 42.6 Å². The topological polar surface area (TPSA) is 118 Å². The van der Waals surface area contributed by atoms with Crippen LogP contribution in [0.15, 0.2) is 0 Å². The smallest absolute Gasteiger partial charge is 0.162 e. The maximum absolute atomic E-state index is 12.3. The Balaban J connectivity index is 1.83. The van der Waals surface area contributed by atoms with E-state index in [0.717, 1.165) is 6.42 Å². The van der Waals surface area contributed by atoms with Crippen molar-refractivity contribution >= 4 is 5.78 Å². The minimum Gasteiger partial charge on any atom is -0.393 e. The van der Waals surface area contributed by atoms with Gasteiger partial charge in [0.25, 0.3) is 0 Å². The number of ketones is 1. The third-order valence-corrected chi connectivity index (χ3v) is 9.74. The van der Waals surface area contributed by atoms with Gasteiger partial charge in [0, 0.05) is 0 Å². The molecule has 0 aromatic carbocycles. The summed E-state index contributed by atoms with van der Waals surface area (Å²) in [6.45, 7) is 4.98. The van der Waals surface area contributed by atoms with Crippen LogP contribution < -0.4 is 0 Å². The molecule has 6 heteroatoms. The number of hydrogen-bond donors (Lipinski definition) is 5. The van der Waals surface area contributed by atoms with Gasteiger partial charge in [0.1, 0.15) is 11.2 Å². The van der Waals surface area contributed by atoms with E-state index in [2.05, 4.69) is 6.92 Å². The second-order valence-corrected chi connectivity index (χ2v) is 10.4. The van der Waals surface area contributed by atoms with Crippen LogP contribution in [-0.2, 0) is 4.79 Å². The molecule has 4 aliphatic carbocycles. The number of Topliss-reactive ketones (excluding diaryl/α,β-unsaturated/α-hetero) is 1. The first-order valence-corrected chi connectivity index (χ1v) is 10.4. The first-order valence-electron chi connectivity index (χ1n) is 10.4. The quantitative estimate of drug-likeness (QED) is 0.460. The van der Waals surface area contributed by atoms with Gasteiger partial charge in [-0.2, -0.15) is 0 Å². The number of aliphatic hydroxyl groups is 5. The molecule has 9 unspecified atom stereocenters. The van der Waals surface area contributed by atoms with Crippen LogP contribution in [0, 0.1) is 22.7 Å². The fourth-order valence-corrected chi connectivity index (χ4v) is 7.82. The van der Waals surface area contributed by atoms with Gasteiger partial charge < -0.3 is 25.5 Å². The van der Waals surface area contributed by atoms with E-state index >= 15 is 0 Å². The SMILES string of the molecule is CC(=O)C1(O)CCC2(O)C3(O)CCC4CC(O)CCC4(C)C3CC(O)C12C. The lowest BCUT2D eigenvalue weighted by Gasteiger charge is -2.68. The molecule has 5 N–H and O–H groups in total. The van der Waals surface area contributed by atoms with Gasteiger partial charge >= 0.3 is 0 Å². The van der Waals surface area contributed by atoms with Gasteiger partial charge in [-0.25, -0.2) is 0 Å². The standard InChI is InChI=1S/C21H34O6/c1-12(22)19(25)8-9-21(27)18(19,3)16(24)11-15-17(2)6-5-14(23)10-13(17)4-7-20(15,21)26/h13-16,23-27H,4-11H2,1-3H3. The molecule has 0 bridgehead atoms. The van der Waals surface area contributed by atoms with E-state index in [0.29, 0.717) is 25.7 Å². The molecule has 0 spiro atoms. The predicted molar refractivity (Wildman–Crippen MR) is 97.7 cm³/mol. The third kappa shape index (κ3) is 2.01. The molecule has 154 valence electrons. The van der Waals surface area contributed by atoms with Crippen molar-refractivity contribution < 1.29 is 30.3 Å². The molecule has 4 fully saturated rings. The Labute approximate surface area is 160 Å². The number of rotatable bonds is 1. The molecule has 4 aliphatic rings. The summed E-state index contributed by atoms with van der Waals surface area (Å²) >= 11 is 0. The number of hydrogen-bond acceptors (Lipinski definition) is 6. The zero-order valence-corrected chi connectivity index (χ0v) is 16.6. The molecule has 0 saturated heterocycles. The van der Waals surface area contributed by atoms with Gasteiger partial charge in [-0.15, -0.1) is 0 Å². The summed E-state index contributed by atoms with van der Waals surface area (Å²) in [6.07, 6.45) is 2.08. The Bertz CT molecular complexity index is 667. The minimum atomic E-state index is -1.84. The Hall–Kier alpha value is -0.530. The number of aliphatic hydroxyl groups excluding tert-OH is 2. The fraction of sp³-hybridized carbons (Fsp3) is 0.952. The Morgan fingerprint density at radius 2 is 1.59 bits per heavy atom. The van der Waals surface area contributed by atoms with Crippen molar-refractivity contribution in [3.63, 3.8) is 0 Å². The second kappa shape index (κ2) is 5.54. The van der Waals surface area contributed by atoms with E-state index in [9.17, 15) is 30.3 Å². The minimum absolute atomic E-state index is 0.0419. The Kier molecular flexibility index (Phi) is 4.06. The summed E-state index contributed by atoms with van der Waals surface area (Å²) < 4.78 is 0. The maximum atomic E-state index is 12.3. The number of carbonyl (C=O) groups excluding carboxylic acids is 1. The molecule has 4 rings (SSSR count). The van der Waals surface area contributed by atoms with Crippen molar-refractivity contribution in [3.8, 4) is 0 Å². The lowest BCUT2D eigenvalue weighted by Crippen LogP contribution is -2.78. The molecular weight excluding hydrogens is 348 g/mol. The summed E-state index contributed by atoms with van der Waals surface area (Å²) in [7, 11) is 0. The van der Waals surface area contributed by atoms with Crippen LogP contribution in [0.4, 0.5) is 0 Å². The van der Waals surface area contributed by atoms with E-state index in [4.69, 9.17) is 0 Å². The van der Waals surface area contributed by atoms with Crippen molar-refractivity contribution in [2.45, 2.75) is 101 Å². The molecule has 0 aromatic rings. The molecule has 6 nitrogen and oxygen atoms in total. The monoisotopic (exact) mass is 382 g/mol. The maximum Gasteiger partial charge on any atom is 0.162 e. The highest BCUT2D eigenvalue weighted by molar-refractivity contribution is 5.87. The molecule has 9 atom stereocenters. The summed E-state index contributed by atoms with van der Waals surface area (Å²) in [5.74, 6) is -0.568. The van der Waals surface area contributed by atoms with Crippen LogP contribution in [0.2, 0.25) is 0 Å². The first kappa shape index (κ1) is 19.8. The molecule has 0 radical (unpaired) electrons. The van der Waals surface area contributed by atoms with Gasteiger partial charge in [-0.1, -0.05) is 13.8 Å². The lowest BCUT2D eigenvalue weighted by molar-refractivity contribution is -0.331. The van der Waals surface area contributed by atoms with Gasteiger partial charge in [0.2, 0.25) is 0 Å². The van der Waals surface area contributed by atoms with Crippen molar-refractivity contribution in [1.29, 1.82) is 0 Å². The van der Waals surface area contributed by atoms with Crippen LogP contribution in [0.5, 0.6) is 0 Å². The fourth-order valence-electron chi connectivity index (χ4n) is 7.82. The number of carbonyl (C=O) groups is 1. The van der Waals surface area contributed by atoms with Gasteiger partial charge in [-0.3, -0.25) is 4.79 Å². The zero-order valence-electron chi connectivity index (χ0n) is 16.6. The van der Waals surface area contributed by atoms with Crippen LogP contribution in [0.1, 0.15) is 72.1 Å². The number of fused-ring (bicyclic) bond motifs is 5. The molecule has 27 heavy (non-hydrogen) atoms. The van der Waals surface area contributed by atoms with Crippen LogP contribution >= 0.6 is 0 Å². The summed E-state index contributed by atoms with van der Waals surface area (Å²) in [4.78, 5) is 12.3. The average molecular weight is 382 g/mol. The van der Waals surface area contributed by atoms with E-state index in [1.807, 2.05) is 0 Å². The van der Waals surface area contributed by atoms with Crippen LogP contribution in [0.3, 0.4) is 0 Å². The zero-order chi connectivity index (χ0) is 20.0. The Morgan fingerprint density at radius 1 is 0.926 bits per heavy atom. The summed E-state index contributed by atoms with van der Waals surface area (Å²) in [6, 6.07) is 0. The average Bonchev–Trinajstić information content (AvgIpc) is 2.83. The lowest BCUT2D eigenvalue weighted by atomic mass is 9.40. The van der Waals surface area contributed by atoms with Crippen molar-refractivity contribution in [3.05, 3.63) is 0 Å². The van der Waals surface area contributed by atoms with E-state index in [1.165, 1.54) is 6.92 Å². The van der Waals surface area contributed by atoms with Gasteiger partial charge in [-0.05, 0) is 75.5 Å². The Morgan fingerprint density at radius 3 is 2.22 bits per heavy atom. The normalized spacial score (nSPS) is 60.3. The van der Waals surface area contributed by atoms with Crippen molar-refractivity contribution in [2.75, 3.05) is 0 Å². The third-order valence-electron chi connectivity index (χ3n) is 9.74. The highest BCUT2D eigenvalue weighted by Gasteiger charge is 2.80. The van der Waals surface area contributed by atoms with Crippen LogP contribution in [0.25, 0.3) is 0 Å². The molecular formula is C21H34O6.